The molecule has 0 spiro atoms. The van der Waals surface area contributed by atoms with Crippen molar-refractivity contribution in [1.29, 1.82) is 0 Å². The first kappa shape index (κ1) is 17.4. The summed E-state index contributed by atoms with van der Waals surface area (Å²) in [6, 6.07) is 15.5. The molecular formula is C17H14ClN5O3. The molecule has 8 nitrogen and oxygen atoms in total. The van der Waals surface area contributed by atoms with Gasteiger partial charge < -0.3 is 4.74 Å². The lowest BCUT2D eigenvalue weighted by molar-refractivity contribution is -0.122. The third-order valence-electron chi connectivity index (χ3n) is 3.25. The topological polar surface area (TPSA) is 109 Å². The quantitative estimate of drug-likeness (QED) is 0.572. The first-order chi connectivity index (χ1) is 12.6. The van der Waals surface area contributed by atoms with Crippen molar-refractivity contribution < 1.29 is 9.53 Å². The van der Waals surface area contributed by atoms with Crippen LogP contribution in [0.1, 0.15) is 0 Å². The number of nitrogens with one attached hydrogen (secondary N) is 3. The number of hydrogen-bond acceptors (Lipinski definition) is 6. The number of hydrazine groups is 1. The maximum Gasteiger partial charge on any atom is 0.279 e. The summed E-state index contributed by atoms with van der Waals surface area (Å²) >= 11 is 5.77. The Morgan fingerprint density at radius 1 is 1.08 bits per heavy atom. The molecule has 0 saturated carbocycles. The second-order valence-corrected chi connectivity index (χ2v) is 5.57. The van der Waals surface area contributed by atoms with Crippen LogP contribution in [-0.4, -0.2) is 27.7 Å². The van der Waals surface area contributed by atoms with E-state index in [9.17, 15) is 9.59 Å². The third kappa shape index (κ3) is 4.58. The van der Waals surface area contributed by atoms with E-state index in [0.717, 1.165) is 0 Å². The number of amides is 1. The molecule has 26 heavy (non-hydrogen) atoms. The van der Waals surface area contributed by atoms with Gasteiger partial charge in [-0.15, -0.1) is 10.2 Å². The van der Waals surface area contributed by atoms with Crippen molar-refractivity contribution >= 4 is 23.5 Å². The Balaban J connectivity index is 1.54. The second-order valence-electron chi connectivity index (χ2n) is 5.13. The zero-order valence-corrected chi connectivity index (χ0v) is 14.2. The van der Waals surface area contributed by atoms with E-state index < -0.39 is 11.5 Å². The molecule has 0 saturated heterocycles. The number of H-pyrrole nitrogens is 1. The Kier molecular flexibility index (Phi) is 5.45. The first-order valence-electron chi connectivity index (χ1n) is 7.57. The Morgan fingerprint density at radius 3 is 2.50 bits per heavy atom. The number of aromatic nitrogens is 3. The van der Waals surface area contributed by atoms with Gasteiger partial charge in [-0.05, 0) is 24.3 Å². The summed E-state index contributed by atoms with van der Waals surface area (Å²) in [7, 11) is 0. The number of hydrogen-bond donors (Lipinski definition) is 3. The normalized spacial score (nSPS) is 10.2. The standard InChI is InChI=1S/C17H14ClN5O3/c18-12-6-8-13(9-7-12)26-10-14(24)20-22-17-19-16(25)15(21-23-17)11-4-2-1-3-5-11/h1-9H,10H2,(H,20,24)(H2,19,22,23,25). The molecule has 0 aliphatic rings. The van der Waals surface area contributed by atoms with E-state index in [1.165, 1.54) is 0 Å². The smallest absolute Gasteiger partial charge is 0.279 e. The molecule has 0 bridgehead atoms. The lowest BCUT2D eigenvalue weighted by Gasteiger charge is -2.09. The van der Waals surface area contributed by atoms with Gasteiger partial charge in [0.25, 0.3) is 11.5 Å². The summed E-state index contributed by atoms with van der Waals surface area (Å²) in [5.74, 6) is 0.0502. The van der Waals surface area contributed by atoms with Crippen LogP contribution in [0.3, 0.4) is 0 Å². The highest BCUT2D eigenvalue weighted by molar-refractivity contribution is 6.30. The van der Waals surface area contributed by atoms with Crippen molar-refractivity contribution in [2.24, 2.45) is 0 Å². The number of halogens is 1. The van der Waals surface area contributed by atoms with Crippen molar-refractivity contribution in [1.82, 2.24) is 20.6 Å². The van der Waals surface area contributed by atoms with Crippen molar-refractivity contribution in [3.63, 3.8) is 0 Å². The van der Waals surface area contributed by atoms with E-state index in [1.807, 2.05) is 6.07 Å². The maximum absolute atomic E-state index is 12.1. The summed E-state index contributed by atoms with van der Waals surface area (Å²) < 4.78 is 5.29. The number of ether oxygens (including phenoxy) is 1. The molecule has 3 aromatic rings. The molecule has 3 rings (SSSR count). The zero-order chi connectivity index (χ0) is 18.4. The molecule has 3 N–H and O–H groups in total. The van der Waals surface area contributed by atoms with Crippen molar-refractivity contribution in [3.05, 3.63) is 70.0 Å². The molecule has 1 aromatic heterocycles. The molecule has 1 amide bonds. The van der Waals surface area contributed by atoms with Crippen LogP contribution >= 0.6 is 11.6 Å². The predicted molar refractivity (Wildman–Crippen MR) is 96.8 cm³/mol. The average Bonchev–Trinajstić information content (AvgIpc) is 2.66. The number of carbonyl (C=O) groups is 1. The molecule has 0 radical (unpaired) electrons. The average molecular weight is 372 g/mol. The van der Waals surface area contributed by atoms with Crippen LogP contribution in [-0.2, 0) is 4.79 Å². The van der Waals surface area contributed by atoms with Gasteiger partial charge in [0.05, 0.1) is 0 Å². The van der Waals surface area contributed by atoms with Gasteiger partial charge in [-0.25, -0.2) is 0 Å². The molecule has 0 unspecified atom stereocenters. The van der Waals surface area contributed by atoms with Crippen LogP contribution in [0.5, 0.6) is 5.75 Å². The van der Waals surface area contributed by atoms with E-state index in [2.05, 4.69) is 26.0 Å². The summed E-state index contributed by atoms with van der Waals surface area (Å²) in [6.45, 7) is -0.228. The predicted octanol–water partition coefficient (Wildman–Crippen LogP) is 2.01. The largest absolute Gasteiger partial charge is 0.484 e. The number of carbonyl (C=O) groups excluding carboxylic acids is 1. The van der Waals surface area contributed by atoms with Gasteiger partial charge in [-0.3, -0.25) is 25.4 Å². The van der Waals surface area contributed by atoms with Crippen LogP contribution < -0.4 is 21.1 Å². The highest BCUT2D eigenvalue weighted by Gasteiger charge is 2.08. The molecule has 9 heteroatoms. The van der Waals surface area contributed by atoms with E-state index in [1.54, 1.807) is 48.5 Å². The van der Waals surface area contributed by atoms with Crippen LogP contribution in [0.4, 0.5) is 5.95 Å². The fraction of sp³-hybridized carbons (Fsp3) is 0.0588. The monoisotopic (exact) mass is 371 g/mol. The molecule has 0 fully saturated rings. The lowest BCUT2D eigenvalue weighted by Crippen LogP contribution is -2.35. The van der Waals surface area contributed by atoms with E-state index in [0.29, 0.717) is 16.3 Å². The molecule has 0 atom stereocenters. The van der Waals surface area contributed by atoms with Crippen LogP contribution in [0.15, 0.2) is 59.4 Å². The first-order valence-corrected chi connectivity index (χ1v) is 7.95. The van der Waals surface area contributed by atoms with Gasteiger partial charge in [0.1, 0.15) is 5.75 Å². The van der Waals surface area contributed by atoms with Gasteiger partial charge in [0, 0.05) is 10.6 Å². The number of benzene rings is 2. The zero-order valence-electron chi connectivity index (χ0n) is 13.4. The highest BCUT2D eigenvalue weighted by atomic mass is 35.5. The van der Waals surface area contributed by atoms with Gasteiger partial charge in [0.15, 0.2) is 12.3 Å². The molecule has 1 heterocycles. The molecule has 0 aliphatic carbocycles. The van der Waals surface area contributed by atoms with E-state index >= 15 is 0 Å². The Bertz CT molecular complexity index is 945. The van der Waals surface area contributed by atoms with Gasteiger partial charge in [-0.1, -0.05) is 41.9 Å². The third-order valence-corrected chi connectivity index (χ3v) is 3.50. The maximum atomic E-state index is 12.1. The molecule has 0 aliphatic heterocycles. The van der Waals surface area contributed by atoms with Crippen molar-refractivity contribution in [3.8, 4) is 17.0 Å². The Morgan fingerprint density at radius 2 is 1.81 bits per heavy atom. The number of rotatable bonds is 6. The van der Waals surface area contributed by atoms with Crippen molar-refractivity contribution in [2.45, 2.75) is 0 Å². The summed E-state index contributed by atoms with van der Waals surface area (Å²) in [4.78, 5) is 26.3. The van der Waals surface area contributed by atoms with Crippen molar-refractivity contribution in [2.75, 3.05) is 12.0 Å². The minimum absolute atomic E-state index is 0.00882. The van der Waals surface area contributed by atoms with E-state index in [-0.39, 0.29) is 18.2 Å². The molecular weight excluding hydrogens is 358 g/mol. The SMILES string of the molecule is O=C(COc1ccc(Cl)cc1)NNc1nnc(-c2ccccc2)c(=O)[nH]1. The Hall–Kier alpha value is -3.39. The Labute approximate surface area is 153 Å². The molecule has 132 valence electrons. The van der Waals surface area contributed by atoms with Crippen LogP contribution in [0.25, 0.3) is 11.3 Å². The van der Waals surface area contributed by atoms with Crippen LogP contribution in [0, 0.1) is 0 Å². The van der Waals surface area contributed by atoms with Crippen LogP contribution in [0.2, 0.25) is 5.02 Å². The van der Waals surface area contributed by atoms with Gasteiger partial charge in [-0.2, -0.15) is 0 Å². The number of anilines is 1. The fourth-order valence-electron chi connectivity index (χ4n) is 2.02. The molecule has 2 aromatic carbocycles. The summed E-state index contributed by atoms with van der Waals surface area (Å²) in [5, 5.41) is 8.28. The minimum atomic E-state index is -0.463. The highest BCUT2D eigenvalue weighted by Crippen LogP contribution is 2.15. The number of nitrogens with zero attached hydrogens (tertiary/aromatic N) is 2. The minimum Gasteiger partial charge on any atom is -0.484 e. The van der Waals surface area contributed by atoms with E-state index in [4.69, 9.17) is 16.3 Å². The fourth-order valence-corrected chi connectivity index (χ4v) is 2.15. The van der Waals surface area contributed by atoms with Gasteiger partial charge in [0.2, 0.25) is 5.95 Å². The summed E-state index contributed by atoms with van der Waals surface area (Å²) in [6.07, 6.45) is 0. The van der Waals surface area contributed by atoms with Gasteiger partial charge >= 0.3 is 0 Å². The number of aromatic amines is 1. The summed E-state index contributed by atoms with van der Waals surface area (Å²) in [5.41, 5.74) is 5.24. The lowest BCUT2D eigenvalue weighted by atomic mass is 10.2. The second kappa shape index (κ2) is 8.13.